The van der Waals surface area contributed by atoms with Gasteiger partial charge in [-0.25, -0.2) is 0 Å². The largest absolute Gasteiger partial charge is 0.358 e. The van der Waals surface area contributed by atoms with E-state index in [4.69, 9.17) is 0 Å². The van der Waals surface area contributed by atoms with E-state index in [2.05, 4.69) is 69.2 Å². The van der Waals surface area contributed by atoms with Crippen molar-refractivity contribution < 1.29 is 26.2 Å². The van der Waals surface area contributed by atoms with Gasteiger partial charge < -0.3 is 14.9 Å². The first kappa shape index (κ1) is 27.4. The SMILES string of the molecule is Cc1c(C)c(C)[c-](C)c1C.Cc1c(C)c(C)[c-](C)c1C.[CH3-].[CH3-].[Zr]. The average Bonchev–Trinajstić information content (AvgIpc) is 2.71. The molecule has 0 N–H and O–H groups in total. The summed E-state index contributed by atoms with van der Waals surface area (Å²) >= 11 is 0. The van der Waals surface area contributed by atoms with Crippen LogP contribution in [0.2, 0.25) is 0 Å². The molecule has 0 spiro atoms. The molecule has 1 heteroatoms. The van der Waals surface area contributed by atoms with Crippen LogP contribution in [0.5, 0.6) is 0 Å². The molecule has 0 atom stereocenters. The quantitative estimate of drug-likeness (QED) is 0.433. The zero-order valence-electron chi connectivity index (χ0n) is 17.5. The van der Waals surface area contributed by atoms with Gasteiger partial charge in [-0.2, -0.15) is 55.6 Å². The first-order valence-electron chi connectivity index (χ1n) is 7.50. The third kappa shape index (κ3) is 5.28. The number of hydrogen-bond donors (Lipinski definition) is 0. The summed E-state index contributed by atoms with van der Waals surface area (Å²) < 4.78 is 0. The molecule has 23 heavy (non-hydrogen) atoms. The van der Waals surface area contributed by atoms with Crippen molar-refractivity contribution in [3.63, 3.8) is 0 Å². The van der Waals surface area contributed by atoms with E-state index in [9.17, 15) is 0 Å². The molecule has 0 unspecified atom stereocenters. The Morgan fingerprint density at radius 3 is 0.609 bits per heavy atom. The molecule has 2 rings (SSSR count). The second-order valence-corrected chi connectivity index (χ2v) is 6.25. The molecule has 0 amide bonds. The Morgan fingerprint density at radius 2 is 0.565 bits per heavy atom. The van der Waals surface area contributed by atoms with E-state index in [0.717, 1.165) is 0 Å². The maximum atomic E-state index is 2.20. The van der Waals surface area contributed by atoms with Crippen LogP contribution in [-0.2, 0) is 26.2 Å². The van der Waals surface area contributed by atoms with Crippen molar-refractivity contribution in [3.8, 4) is 0 Å². The molecule has 2 aromatic carbocycles. The maximum absolute atomic E-state index is 2.20. The van der Waals surface area contributed by atoms with E-state index >= 15 is 0 Å². The van der Waals surface area contributed by atoms with Crippen LogP contribution in [0.25, 0.3) is 0 Å². The Morgan fingerprint density at radius 1 is 0.435 bits per heavy atom. The first-order chi connectivity index (χ1) is 9.11. The maximum Gasteiger partial charge on any atom is 0 e. The van der Waals surface area contributed by atoms with Gasteiger partial charge in [-0.05, 0) is 0 Å². The molecule has 0 aliphatic carbocycles. The zero-order valence-corrected chi connectivity index (χ0v) is 20.0. The Bertz CT molecular complexity index is 405. The van der Waals surface area contributed by atoms with Crippen molar-refractivity contribution in [2.45, 2.75) is 69.2 Å². The normalized spacial score (nSPS) is 9.13. The minimum absolute atomic E-state index is 0. The van der Waals surface area contributed by atoms with Crippen LogP contribution in [0.1, 0.15) is 55.6 Å². The Labute approximate surface area is 165 Å². The van der Waals surface area contributed by atoms with E-state index in [1.54, 1.807) is 0 Å². The second kappa shape index (κ2) is 10.4. The van der Waals surface area contributed by atoms with E-state index < -0.39 is 0 Å². The van der Waals surface area contributed by atoms with Gasteiger partial charge in [-0.1, -0.05) is 69.2 Å². The molecule has 0 aromatic heterocycles. The summed E-state index contributed by atoms with van der Waals surface area (Å²) in [4.78, 5) is 0. The number of rotatable bonds is 0. The Kier molecular flexibility index (Phi) is 12.5. The van der Waals surface area contributed by atoms with Crippen LogP contribution in [0, 0.1) is 84.1 Å². The molecular weight excluding hydrogens is 355 g/mol. The molecule has 132 valence electrons. The fraction of sp³-hybridized carbons (Fsp3) is 0.455. The summed E-state index contributed by atoms with van der Waals surface area (Å²) in [6.45, 7) is 22.0. The molecule has 0 heterocycles. The van der Waals surface area contributed by atoms with Crippen LogP contribution < -0.4 is 0 Å². The molecule has 0 aliphatic rings. The van der Waals surface area contributed by atoms with Crippen molar-refractivity contribution in [3.05, 3.63) is 70.5 Å². The molecule has 0 bridgehead atoms. The van der Waals surface area contributed by atoms with Crippen molar-refractivity contribution >= 4 is 0 Å². The van der Waals surface area contributed by atoms with Gasteiger partial charge in [0.1, 0.15) is 0 Å². The third-order valence-electron chi connectivity index (χ3n) is 5.62. The predicted octanol–water partition coefficient (Wildman–Crippen LogP) is 6.79. The summed E-state index contributed by atoms with van der Waals surface area (Å²) in [5.74, 6) is 0. The molecular formula is C22H36Zr-4. The van der Waals surface area contributed by atoms with Gasteiger partial charge in [0, 0.05) is 26.2 Å². The predicted molar refractivity (Wildman–Crippen MR) is 104 cm³/mol. The van der Waals surface area contributed by atoms with Gasteiger partial charge in [0.2, 0.25) is 0 Å². The van der Waals surface area contributed by atoms with Crippen LogP contribution in [0.15, 0.2) is 0 Å². The fourth-order valence-corrected chi connectivity index (χ4v) is 2.81. The Balaban J connectivity index is -0.000000308. The number of hydrogen-bond acceptors (Lipinski definition) is 0. The van der Waals surface area contributed by atoms with Crippen molar-refractivity contribution in [2.24, 2.45) is 0 Å². The Hall–Kier alpha value is -0.417. The monoisotopic (exact) mass is 390 g/mol. The molecule has 0 aliphatic heterocycles. The third-order valence-corrected chi connectivity index (χ3v) is 5.62. The zero-order chi connectivity index (χ0) is 15.8. The van der Waals surface area contributed by atoms with Gasteiger partial charge in [-0.3, -0.25) is 0 Å². The van der Waals surface area contributed by atoms with Gasteiger partial charge in [0.15, 0.2) is 0 Å². The van der Waals surface area contributed by atoms with E-state index in [-0.39, 0.29) is 41.1 Å². The van der Waals surface area contributed by atoms with E-state index in [1.807, 2.05) is 0 Å². The van der Waals surface area contributed by atoms with Crippen LogP contribution in [0.3, 0.4) is 0 Å². The minimum Gasteiger partial charge on any atom is -0.358 e. The topological polar surface area (TPSA) is 0 Å². The van der Waals surface area contributed by atoms with Gasteiger partial charge in [-0.15, -0.1) is 0 Å². The molecule has 2 aromatic rings. The van der Waals surface area contributed by atoms with Crippen molar-refractivity contribution in [1.82, 2.24) is 0 Å². The fourth-order valence-electron chi connectivity index (χ4n) is 2.81. The van der Waals surface area contributed by atoms with Crippen LogP contribution in [-0.4, -0.2) is 0 Å². The molecule has 0 nitrogen and oxygen atoms in total. The van der Waals surface area contributed by atoms with E-state index in [1.165, 1.54) is 55.6 Å². The van der Waals surface area contributed by atoms with Gasteiger partial charge >= 0.3 is 0 Å². The molecule has 0 saturated carbocycles. The molecule has 0 fully saturated rings. The van der Waals surface area contributed by atoms with Gasteiger partial charge in [0.25, 0.3) is 0 Å². The summed E-state index contributed by atoms with van der Waals surface area (Å²) in [5.41, 5.74) is 14.7. The molecule has 0 saturated heterocycles. The van der Waals surface area contributed by atoms with Crippen molar-refractivity contribution in [2.75, 3.05) is 0 Å². The van der Waals surface area contributed by atoms with Gasteiger partial charge in [0.05, 0.1) is 0 Å². The standard InChI is InChI=1S/2C10H15.2CH3.Zr/c2*1-6-7(2)9(4)10(5)8(6)3;;;/h2*1-5H3;2*1H3;/q4*-1;. The summed E-state index contributed by atoms with van der Waals surface area (Å²) in [6.07, 6.45) is 0. The molecule has 0 radical (unpaired) electrons. The van der Waals surface area contributed by atoms with Crippen LogP contribution in [0.4, 0.5) is 0 Å². The first-order valence-corrected chi connectivity index (χ1v) is 7.50. The summed E-state index contributed by atoms with van der Waals surface area (Å²) in [5, 5.41) is 0. The average molecular weight is 392 g/mol. The second-order valence-electron chi connectivity index (χ2n) is 6.25. The summed E-state index contributed by atoms with van der Waals surface area (Å²) in [6, 6.07) is 0. The minimum atomic E-state index is 0. The summed E-state index contributed by atoms with van der Waals surface area (Å²) in [7, 11) is 0. The van der Waals surface area contributed by atoms with Crippen LogP contribution >= 0.6 is 0 Å². The van der Waals surface area contributed by atoms with Crippen molar-refractivity contribution in [1.29, 1.82) is 0 Å². The van der Waals surface area contributed by atoms with E-state index in [0.29, 0.717) is 0 Å². The smallest absolute Gasteiger partial charge is 0 e.